The van der Waals surface area contributed by atoms with Crippen LogP contribution in [0.3, 0.4) is 0 Å². The first-order valence-electron chi connectivity index (χ1n) is 6.12. The van der Waals surface area contributed by atoms with E-state index in [2.05, 4.69) is 15.9 Å². The third-order valence-corrected chi connectivity index (χ3v) is 4.34. The van der Waals surface area contributed by atoms with Gasteiger partial charge in [-0.15, -0.1) is 0 Å². The smallest absolute Gasteiger partial charge is 0.146 e. The maximum Gasteiger partial charge on any atom is 0.146 e. The van der Waals surface area contributed by atoms with E-state index in [1.54, 1.807) is 0 Å². The molecule has 1 atom stereocenters. The maximum absolute atomic E-state index is 14.1. The summed E-state index contributed by atoms with van der Waals surface area (Å²) in [4.78, 5) is 0. The maximum atomic E-state index is 14.1. The molecule has 0 saturated heterocycles. The Morgan fingerprint density at radius 3 is 2.50 bits per heavy atom. The van der Waals surface area contributed by atoms with E-state index in [4.69, 9.17) is 0 Å². The molecule has 1 N–H and O–H groups in total. The van der Waals surface area contributed by atoms with Crippen molar-refractivity contribution < 1.29 is 13.9 Å². The van der Waals surface area contributed by atoms with E-state index < -0.39 is 17.2 Å². The molecule has 0 aliphatic heterocycles. The Morgan fingerprint density at radius 1 is 1.22 bits per heavy atom. The van der Waals surface area contributed by atoms with Crippen molar-refractivity contribution in [2.45, 2.75) is 45.1 Å². The third-order valence-electron chi connectivity index (χ3n) is 3.72. The van der Waals surface area contributed by atoms with Crippen LogP contribution in [0.2, 0.25) is 0 Å². The van der Waals surface area contributed by atoms with Crippen molar-refractivity contribution in [2.24, 2.45) is 5.41 Å². The van der Waals surface area contributed by atoms with Crippen molar-refractivity contribution in [3.8, 4) is 0 Å². The number of rotatable bonds is 1. The quantitative estimate of drug-likeness (QED) is 0.755. The molecule has 1 aromatic rings. The number of hydrogen-bond acceptors (Lipinski definition) is 1. The van der Waals surface area contributed by atoms with Crippen molar-refractivity contribution in [3.63, 3.8) is 0 Å². The van der Waals surface area contributed by atoms with Gasteiger partial charge in [0.25, 0.3) is 0 Å². The van der Waals surface area contributed by atoms with Crippen molar-refractivity contribution in [2.75, 3.05) is 0 Å². The Balaban J connectivity index is 2.50. The summed E-state index contributed by atoms with van der Waals surface area (Å²) in [5, 5.41) is 10.7. The Kier molecular flexibility index (Phi) is 3.54. The van der Waals surface area contributed by atoms with E-state index in [1.165, 1.54) is 12.1 Å². The highest BCUT2D eigenvalue weighted by Crippen LogP contribution is 2.48. The summed E-state index contributed by atoms with van der Waals surface area (Å²) in [6, 6.07) is 2.52. The average Bonchev–Trinajstić information content (AvgIpc) is 2.22. The van der Waals surface area contributed by atoms with Crippen LogP contribution in [0.4, 0.5) is 8.78 Å². The van der Waals surface area contributed by atoms with E-state index in [0.29, 0.717) is 12.8 Å². The van der Waals surface area contributed by atoms with Crippen LogP contribution in [-0.4, -0.2) is 5.11 Å². The van der Waals surface area contributed by atoms with E-state index >= 15 is 0 Å². The summed E-state index contributed by atoms with van der Waals surface area (Å²) in [5.74, 6) is -1.36. The molecule has 1 unspecified atom stereocenters. The summed E-state index contributed by atoms with van der Waals surface area (Å²) >= 11 is 3.05. The Bertz CT molecular complexity index is 473. The first-order chi connectivity index (χ1) is 8.25. The number of aliphatic hydroxyl groups is 1. The van der Waals surface area contributed by atoms with Crippen molar-refractivity contribution in [3.05, 3.63) is 33.8 Å². The summed E-state index contributed by atoms with van der Waals surface area (Å²) < 4.78 is 28.2. The lowest BCUT2D eigenvalue weighted by Gasteiger charge is -2.42. The van der Waals surface area contributed by atoms with Crippen LogP contribution in [0.15, 0.2) is 16.6 Å². The highest BCUT2D eigenvalue weighted by Gasteiger charge is 2.43. The van der Waals surface area contributed by atoms with Crippen molar-refractivity contribution >= 4 is 15.9 Å². The van der Waals surface area contributed by atoms with Gasteiger partial charge in [0.15, 0.2) is 0 Å². The van der Waals surface area contributed by atoms with Crippen LogP contribution in [0, 0.1) is 17.0 Å². The van der Waals surface area contributed by atoms with Crippen LogP contribution >= 0.6 is 15.9 Å². The molecule has 100 valence electrons. The number of benzene rings is 1. The molecule has 0 radical (unpaired) electrons. The Labute approximate surface area is 114 Å². The van der Waals surface area contributed by atoms with Gasteiger partial charge in [-0.1, -0.05) is 13.8 Å². The van der Waals surface area contributed by atoms with Gasteiger partial charge in [0.2, 0.25) is 0 Å². The fraction of sp³-hybridized carbons (Fsp3) is 0.571. The Morgan fingerprint density at radius 2 is 1.89 bits per heavy atom. The van der Waals surface area contributed by atoms with Crippen molar-refractivity contribution in [1.82, 2.24) is 0 Å². The predicted molar refractivity (Wildman–Crippen MR) is 70.2 cm³/mol. The van der Waals surface area contributed by atoms with Crippen LogP contribution in [0.25, 0.3) is 0 Å². The SMILES string of the molecule is CC1(C)CCCC(O)(c2c(F)ccc(Br)c2F)C1. The molecule has 1 aromatic carbocycles. The van der Waals surface area contributed by atoms with Gasteiger partial charge in [-0.3, -0.25) is 0 Å². The molecule has 1 saturated carbocycles. The van der Waals surface area contributed by atoms with Gasteiger partial charge in [-0.25, -0.2) is 8.78 Å². The molecular formula is C14H17BrF2O. The molecule has 0 heterocycles. The monoisotopic (exact) mass is 318 g/mol. The summed E-state index contributed by atoms with van der Waals surface area (Å²) in [6.45, 7) is 4.04. The zero-order valence-electron chi connectivity index (χ0n) is 10.6. The molecule has 0 aromatic heterocycles. The molecule has 0 bridgehead atoms. The molecule has 0 spiro atoms. The number of halogens is 3. The topological polar surface area (TPSA) is 20.2 Å². The van der Waals surface area contributed by atoms with E-state index in [9.17, 15) is 13.9 Å². The molecule has 1 nitrogen and oxygen atoms in total. The van der Waals surface area contributed by atoms with Gasteiger partial charge in [-0.2, -0.15) is 0 Å². The van der Waals surface area contributed by atoms with E-state index in [0.717, 1.165) is 12.8 Å². The van der Waals surface area contributed by atoms with Crippen LogP contribution in [0.5, 0.6) is 0 Å². The minimum Gasteiger partial charge on any atom is -0.385 e. The van der Waals surface area contributed by atoms with Gasteiger partial charge in [0.05, 0.1) is 15.6 Å². The van der Waals surface area contributed by atoms with Gasteiger partial charge in [0, 0.05) is 0 Å². The lowest BCUT2D eigenvalue weighted by Crippen LogP contribution is -2.38. The summed E-state index contributed by atoms with van der Waals surface area (Å²) in [7, 11) is 0. The zero-order valence-corrected chi connectivity index (χ0v) is 12.2. The molecule has 4 heteroatoms. The summed E-state index contributed by atoms with van der Waals surface area (Å²) in [6.07, 6.45) is 2.52. The van der Waals surface area contributed by atoms with Crippen LogP contribution in [-0.2, 0) is 5.60 Å². The summed E-state index contributed by atoms with van der Waals surface area (Å²) in [5.41, 5.74) is -1.70. The second-order valence-corrected chi connectivity index (χ2v) is 6.80. The van der Waals surface area contributed by atoms with E-state index in [1.807, 2.05) is 13.8 Å². The molecule has 2 rings (SSSR count). The minimum atomic E-state index is -1.40. The van der Waals surface area contributed by atoms with Crippen molar-refractivity contribution in [1.29, 1.82) is 0 Å². The average molecular weight is 319 g/mol. The van der Waals surface area contributed by atoms with Crippen LogP contribution in [0.1, 0.15) is 45.1 Å². The van der Waals surface area contributed by atoms with Gasteiger partial charge < -0.3 is 5.11 Å². The second-order valence-electron chi connectivity index (χ2n) is 5.94. The minimum absolute atomic E-state index is 0.103. The van der Waals surface area contributed by atoms with Gasteiger partial charge in [0.1, 0.15) is 11.6 Å². The first kappa shape index (κ1) is 13.9. The highest BCUT2D eigenvalue weighted by molar-refractivity contribution is 9.10. The molecule has 0 amide bonds. The Hall–Kier alpha value is -0.480. The molecule has 1 fully saturated rings. The molecule has 1 aliphatic rings. The van der Waals surface area contributed by atoms with E-state index in [-0.39, 0.29) is 15.5 Å². The standard InChI is InChI=1S/C14H17BrF2O/c1-13(2)6-3-7-14(18,8-13)11-10(16)5-4-9(15)12(11)17/h4-5,18H,3,6-8H2,1-2H3. The van der Waals surface area contributed by atoms with Gasteiger partial charge >= 0.3 is 0 Å². The zero-order chi connectivity index (χ0) is 13.6. The fourth-order valence-corrected chi connectivity index (χ4v) is 3.33. The van der Waals surface area contributed by atoms with Gasteiger partial charge in [-0.05, 0) is 59.2 Å². The lowest BCUT2D eigenvalue weighted by molar-refractivity contribution is -0.0491. The molecule has 1 aliphatic carbocycles. The number of hydrogen-bond donors (Lipinski definition) is 1. The predicted octanol–water partition coefficient (Wildman–Crippen LogP) is 4.52. The highest BCUT2D eigenvalue weighted by atomic mass is 79.9. The third kappa shape index (κ3) is 2.45. The largest absolute Gasteiger partial charge is 0.385 e. The normalized spacial score (nSPS) is 27.2. The van der Waals surface area contributed by atoms with Crippen LogP contribution < -0.4 is 0 Å². The lowest BCUT2D eigenvalue weighted by atomic mass is 9.67. The first-order valence-corrected chi connectivity index (χ1v) is 6.91. The molecule has 18 heavy (non-hydrogen) atoms. The fourth-order valence-electron chi connectivity index (χ4n) is 2.99. The molecular weight excluding hydrogens is 302 g/mol. The second kappa shape index (κ2) is 4.57.